The number of urea groups is 1. The van der Waals surface area contributed by atoms with Gasteiger partial charge in [-0.05, 0) is 12.3 Å². The highest BCUT2D eigenvalue weighted by molar-refractivity contribution is 5.84. The standard InChI is InChI=1S/C13H25N3O4/c1-6-16(5)10(17)8-14-12(20)15-9(7-11(18)19)13(2,3)4/h9H,6-8H2,1-5H3,(H,18,19)(H2,14,15,20). The fraction of sp³-hybridized carbons (Fsp3) is 0.769. The lowest BCUT2D eigenvalue weighted by Gasteiger charge is -2.30. The van der Waals surface area contributed by atoms with Crippen molar-refractivity contribution in [2.45, 2.75) is 40.2 Å². The smallest absolute Gasteiger partial charge is 0.315 e. The zero-order chi connectivity index (χ0) is 15.9. The van der Waals surface area contributed by atoms with E-state index < -0.39 is 18.0 Å². The molecule has 20 heavy (non-hydrogen) atoms. The van der Waals surface area contributed by atoms with E-state index in [1.807, 2.05) is 27.7 Å². The number of hydrogen-bond acceptors (Lipinski definition) is 3. The van der Waals surface area contributed by atoms with Crippen molar-refractivity contribution in [2.75, 3.05) is 20.1 Å². The number of aliphatic carboxylic acids is 1. The van der Waals surface area contributed by atoms with Gasteiger partial charge in [-0.3, -0.25) is 9.59 Å². The van der Waals surface area contributed by atoms with E-state index in [0.717, 1.165) is 0 Å². The van der Waals surface area contributed by atoms with Gasteiger partial charge < -0.3 is 20.6 Å². The summed E-state index contributed by atoms with van der Waals surface area (Å²) >= 11 is 0. The Labute approximate surface area is 119 Å². The molecule has 0 bridgehead atoms. The molecule has 116 valence electrons. The van der Waals surface area contributed by atoms with Gasteiger partial charge in [-0.25, -0.2) is 4.79 Å². The summed E-state index contributed by atoms with van der Waals surface area (Å²) in [4.78, 5) is 35.5. The van der Waals surface area contributed by atoms with Crippen LogP contribution in [-0.2, 0) is 9.59 Å². The molecule has 0 rings (SSSR count). The number of nitrogens with one attached hydrogen (secondary N) is 2. The van der Waals surface area contributed by atoms with Crippen molar-refractivity contribution >= 4 is 17.9 Å². The number of carbonyl (C=O) groups excluding carboxylic acids is 2. The summed E-state index contributed by atoms with van der Waals surface area (Å²) in [6, 6.07) is -1.05. The molecule has 3 N–H and O–H groups in total. The Bertz CT molecular complexity index is 363. The number of rotatable bonds is 6. The number of nitrogens with zero attached hydrogens (tertiary/aromatic N) is 1. The Morgan fingerprint density at radius 3 is 2.20 bits per heavy atom. The van der Waals surface area contributed by atoms with Gasteiger partial charge in [0.1, 0.15) is 0 Å². The quantitative estimate of drug-likeness (QED) is 0.668. The van der Waals surface area contributed by atoms with E-state index in [1.54, 1.807) is 7.05 Å². The van der Waals surface area contributed by atoms with Crippen molar-refractivity contribution in [2.24, 2.45) is 5.41 Å². The van der Waals surface area contributed by atoms with Gasteiger partial charge in [0.2, 0.25) is 5.91 Å². The summed E-state index contributed by atoms with van der Waals surface area (Å²) in [6.45, 7) is 7.82. The molecule has 0 fully saturated rings. The van der Waals surface area contributed by atoms with Crippen LogP contribution in [0.5, 0.6) is 0 Å². The number of amides is 3. The minimum atomic E-state index is -0.980. The molecule has 0 saturated carbocycles. The van der Waals surface area contributed by atoms with Crippen LogP contribution in [0.4, 0.5) is 4.79 Å². The van der Waals surface area contributed by atoms with E-state index in [0.29, 0.717) is 6.54 Å². The second-order valence-electron chi connectivity index (χ2n) is 5.75. The Morgan fingerprint density at radius 2 is 1.80 bits per heavy atom. The monoisotopic (exact) mass is 287 g/mol. The summed E-state index contributed by atoms with van der Waals surface area (Å²) in [5.74, 6) is -1.18. The summed E-state index contributed by atoms with van der Waals surface area (Å²) < 4.78 is 0. The predicted octanol–water partition coefficient (Wildman–Crippen LogP) is 0.653. The number of hydrogen-bond donors (Lipinski definition) is 3. The van der Waals surface area contributed by atoms with Crippen LogP contribution in [-0.4, -0.2) is 54.1 Å². The minimum absolute atomic E-state index is 0.111. The van der Waals surface area contributed by atoms with Crippen LogP contribution in [0.1, 0.15) is 34.1 Å². The van der Waals surface area contributed by atoms with E-state index in [-0.39, 0.29) is 24.3 Å². The predicted molar refractivity (Wildman–Crippen MR) is 75.3 cm³/mol. The molecule has 1 unspecified atom stereocenters. The van der Waals surface area contributed by atoms with Gasteiger partial charge in [0.05, 0.1) is 13.0 Å². The first-order chi connectivity index (χ1) is 9.07. The Morgan fingerprint density at radius 1 is 1.25 bits per heavy atom. The van der Waals surface area contributed by atoms with Gasteiger partial charge in [0.15, 0.2) is 0 Å². The molecule has 0 spiro atoms. The first kappa shape index (κ1) is 18.2. The van der Waals surface area contributed by atoms with E-state index in [2.05, 4.69) is 10.6 Å². The molecular formula is C13H25N3O4. The maximum Gasteiger partial charge on any atom is 0.315 e. The van der Waals surface area contributed by atoms with Gasteiger partial charge in [-0.15, -0.1) is 0 Å². The largest absolute Gasteiger partial charge is 0.481 e. The number of likely N-dealkylation sites (N-methyl/N-ethyl adjacent to an activating group) is 1. The summed E-state index contributed by atoms with van der Waals surface area (Å²) in [5.41, 5.74) is -0.389. The molecule has 1 atom stereocenters. The topological polar surface area (TPSA) is 98.7 Å². The van der Waals surface area contributed by atoms with Gasteiger partial charge in [-0.1, -0.05) is 20.8 Å². The second kappa shape index (κ2) is 7.72. The third-order valence-electron chi connectivity index (χ3n) is 3.03. The molecule has 0 aliphatic rings. The molecule has 0 aliphatic carbocycles. The van der Waals surface area contributed by atoms with Crippen LogP contribution < -0.4 is 10.6 Å². The Hall–Kier alpha value is -1.79. The fourth-order valence-corrected chi connectivity index (χ4v) is 1.42. The van der Waals surface area contributed by atoms with Crippen LogP contribution in [0, 0.1) is 5.41 Å². The lowest BCUT2D eigenvalue weighted by atomic mass is 9.85. The number of carbonyl (C=O) groups is 3. The molecule has 7 heteroatoms. The number of carboxylic acids is 1. The average molecular weight is 287 g/mol. The van der Waals surface area contributed by atoms with Crippen LogP contribution in [0.3, 0.4) is 0 Å². The Balaban J connectivity index is 4.41. The normalized spacial score (nSPS) is 12.4. The van der Waals surface area contributed by atoms with Gasteiger partial charge in [-0.2, -0.15) is 0 Å². The average Bonchev–Trinajstić information content (AvgIpc) is 2.32. The van der Waals surface area contributed by atoms with Crippen LogP contribution in [0.2, 0.25) is 0 Å². The third kappa shape index (κ3) is 6.96. The highest BCUT2D eigenvalue weighted by Gasteiger charge is 2.28. The van der Waals surface area contributed by atoms with Crippen molar-refractivity contribution in [1.29, 1.82) is 0 Å². The Kier molecular flexibility index (Phi) is 7.02. The molecule has 0 aromatic carbocycles. The lowest BCUT2D eigenvalue weighted by molar-refractivity contribution is -0.138. The third-order valence-corrected chi connectivity index (χ3v) is 3.03. The molecule has 0 radical (unpaired) electrons. The molecule has 0 aromatic rings. The first-order valence-corrected chi connectivity index (χ1v) is 6.58. The minimum Gasteiger partial charge on any atom is -0.481 e. The van der Waals surface area contributed by atoms with Gasteiger partial charge >= 0.3 is 12.0 Å². The zero-order valence-corrected chi connectivity index (χ0v) is 12.8. The number of carboxylic acid groups (broad SMARTS) is 1. The van der Waals surface area contributed by atoms with Crippen LogP contribution >= 0.6 is 0 Å². The lowest BCUT2D eigenvalue weighted by Crippen LogP contribution is -2.50. The van der Waals surface area contributed by atoms with Crippen molar-refractivity contribution in [1.82, 2.24) is 15.5 Å². The molecule has 7 nitrogen and oxygen atoms in total. The molecular weight excluding hydrogens is 262 g/mol. The summed E-state index contributed by atoms with van der Waals surface area (Å²) in [5, 5.41) is 13.9. The van der Waals surface area contributed by atoms with Crippen molar-refractivity contribution < 1.29 is 19.5 Å². The maximum absolute atomic E-state index is 11.7. The van der Waals surface area contributed by atoms with Crippen molar-refractivity contribution in [3.05, 3.63) is 0 Å². The molecule has 0 aromatic heterocycles. The first-order valence-electron chi connectivity index (χ1n) is 6.58. The van der Waals surface area contributed by atoms with Crippen molar-refractivity contribution in [3.8, 4) is 0 Å². The molecule has 0 heterocycles. The molecule has 3 amide bonds. The van der Waals surface area contributed by atoms with Gasteiger partial charge in [0.25, 0.3) is 0 Å². The van der Waals surface area contributed by atoms with E-state index in [4.69, 9.17) is 5.11 Å². The summed E-state index contributed by atoms with van der Waals surface area (Å²) in [6.07, 6.45) is -0.167. The zero-order valence-electron chi connectivity index (χ0n) is 12.8. The van der Waals surface area contributed by atoms with Crippen molar-refractivity contribution in [3.63, 3.8) is 0 Å². The van der Waals surface area contributed by atoms with Crippen LogP contribution in [0.15, 0.2) is 0 Å². The second-order valence-corrected chi connectivity index (χ2v) is 5.75. The fourth-order valence-electron chi connectivity index (χ4n) is 1.42. The summed E-state index contributed by atoms with van der Waals surface area (Å²) in [7, 11) is 1.64. The van der Waals surface area contributed by atoms with E-state index in [1.165, 1.54) is 4.90 Å². The van der Waals surface area contributed by atoms with Gasteiger partial charge in [0, 0.05) is 19.6 Å². The molecule has 0 aliphatic heterocycles. The maximum atomic E-state index is 11.7. The SMILES string of the molecule is CCN(C)C(=O)CNC(=O)NC(CC(=O)O)C(C)(C)C. The molecule has 0 saturated heterocycles. The van der Waals surface area contributed by atoms with E-state index >= 15 is 0 Å². The highest BCUT2D eigenvalue weighted by Crippen LogP contribution is 2.21. The van der Waals surface area contributed by atoms with E-state index in [9.17, 15) is 14.4 Å². The highest BCUT2D eigenvalue weighted by atomic mass is 16.4. The van der Waals surface area contributed by atoms with Crippen LogP contribution in [0.25, 0.3) is 0 Å².